The topological polar surface area (TPSA) is 74.7 Å². The third-order valence-electron chi connectivity index (χ3n) is 3.17. The first-order valence-corrected chi connectivity index (χ1v) is 8.00. The van der Waals surface area contributed by atoms with Gasteiger partial charge >= 0.3 is 5.97 Å². The Morgan fingerprint density at radius 1 is 1.47 bits per heavy atom. The molecule has 1 saturated heterocycles. The molecule has 1 fully saturated rings. The number of nitrogens with zero attached hydrogens (tertiary/aromatic N) is 1. The van der Waals surface area contributed by atoms with Crippen LogP contribution >= 0.6 is 11.6 Å². The van der Waals surface area contributed by atoms with Crippen molar-refractivity contribution in [1.29, 1.82) is 0 Å². The average molecular weight is 304 g/mol. The molecule has 0 aliphatic carbocycles. The van der Waals surface area contributed by atoms with Crippen LogP contribution in [0.15, 0.2) is 18.2 Å². The molecule has 0 amide bonds. The van der Waals surface area contributed by atoms with Crippen LogP contribution in [-0.4, -0.2) is 43.6 Å². The van der Waals surface area contributed by atoms with Crippen LogP contribution in [0.25, 0.3) is 0 Å². The number of benzene rings is 1. The summed E-state index contributed by atoms with van der Waals surface area (Å²) in [5, 5.41) is 9.20. The molecule has 0 bridgehead atoms. The second-order valence-corrected chi connectivity index (χ2v) is 7.26. The number of sulfone groups is 1. The van der Waals surface area contributed by atoms with Crippen LogP contribution in [-0.2, 0) is 9.84 Å². The Bertz CT molecular complexity index is 614. The maximum atomic E-state index is 11.5. The molecular formula is C12H14ClNO4S. The van der Waals surface area contributed by atoms with E-state index in [2.05, 4.69) is 0 Å². The summed E-state index contributed by atoms with van der Waals surface area (Å²) in [6.07, 6.45) is 0. The standard InChI is InChI=1S/C12H14ClNO4S/c1-8-7-19(17,18)5-4-14(8)11-3-2-9(12(15)16)6-10(11)13/h2-3,6,8H,4-5,7H2,1H3,(H,15,16). The Kier molecular flexibility index (Phi) is 3.73. The normalized spacial score (nSPS) is 22.2. The van der Waals surface area contributed by atoms with Crippen LogP contribution in [0.3, 0.4) is 0 Å². The summed E-state index contributed by atoms with van der Waals surface area (Å²) in [5.74, 6) is -0.860. The Hall–Kier alpha value is -1.27. The van der Waals surface area contributed by atoms with E-state index in [4.69, 9.17) is 16.7 Å². The Labute approximate surface area is 116 Å². The van der Waals surface area contributed by atoms with E-state index in [0.29, 0.717) is 17.3 Å². The molecule has 0 aromatic heterocycles. The molecule has 5 nitrogen and oxygen atoms in total. The largest absolute Gasteiger partial charge is 0.478 e. The van der Waals surface area contributed by atoms with Gasteiger partial charge in [0.25, 0.3) is 0 Å². The molecule has 2 rings (SSSR count). The number of anilines is 1. The van der Waals surface area contributed by atoms with Crippen LogP contribution in [0.2, 0.25) is 5.02 Å². The van der Waals surface area contributed by atoms with Gasteiger partial charge in [0.15, 0.2) is 9.84 Å². The molecule has 0 radical (unpaired) electrons. The van der Waals surface area contributed by atoms with Gasteiger partial charge in [0, 0.05) is 12.6 Å². The highest BCUT2D eigenvalue weighted by Crippen LogP contribution is 2.30. The summed E-state index contributed by atoms with van der Waals surface area (Å²) < 4.78 is 23.1. The zero-order valence-corrected chi connectivity index (χ0v) is 11.9. The highest BCUT2D eigenvalue weighted by atomic mass is 35.5. The molecule has 0 spiro atoms. The molecule has 1 aliphatic heterocycles. The van der Waals surface area contributed by atoms with Gasteiger partial charge in [0.05, 0.1) is 27.8 Å². The molecule has 1 aromatic carbocycles. The summed E-state index contributed by atoms with van der Waals surface area (Å²) in [5.41, 5.74) is 0.792. The monoisotopic (exact) mass is 303 g/mol. The quantitative estimate of drug-likeness (QED) is 0.899. The predicted molar refractivity (Wildman–Crippen MR) is 73.9 cm³/mol. The number of halogens is 1. The number of rotatable bonds is 2. The zero-order chi connectivity index (χ0) is 14.2. The fourth-order valence-corrected chi connectivity index (χ4v) is 4.07. The van der Waals surface area contributed by atoms with Crippen molar-refractivity contribution in [2.45, 2.75) is 13.0 Å². The number of hydrogen-bond acceptors (Lipinski definition) is 4. The van der Waals surface area contributed by atoms with Gasteiger partial charge in [-0.2, -0.15) is 0 Å². The highest BCUT2D eigenvalue weighted by molar-refractivity contribution is 7.91. The lowest BCUT2D eigenvalue weighted by atomic mass is 10.1. The van der Waals surface area contributed by atoms with Crippen molar-refractivity contribution in [2.24, 2.45) is 0 Å². The predicted octanol–water partition coefficient (Wildman–Crippen LogP) is 1.66. The first-order chi connectivity index (χ1) is 8.80. The molecule has 1 atom stereocenters. The Morgan fingerprint density at radius 3 is 2.68 bits per heavy atom. The van der Waals surface area contributed by atoms with Crippen molar-refractivity contribution in [3.63, 3.8) is 0 Å². The van der Waals surface area contributed by atoms with Gasteiger partial charge in [0.2, 0.25) is 0 Å². The fourth-order valence-electron chi connectivity index (χ4n) is 2.23. The van der Waals surface area contributed by atoms with Gasteiger partial charge in [-0.1, -0.05) is 11.6 Å². The van der Waals surface area contributed by atoms with Gasteiger partial charge < -0.3 is 10.0 Å². The number of hydrogen-bond donors (Lipinski definition) is 1. The van der Waals surface area contributed by atoms with Gasteiger partial charge in [0.1, 0.15) is 0 Å². The minimum atomic E-state index is -2.99. The third-order valence-corrected chi connectivity index (χ3v) is 5.27. The molecule has 1 unspecified atom stereocenters. The lowest BCUT2D eigenvalue weighted by Gasteiger charge is -2.35. The molecule has 104 valence electrons. The summed E-state index contributed by atoms with van der Waals surface area (Å²) in [7, 11) is -2.99. The second-order valence-electron chi connectivity index (χ2n) is 4.63. The molecule has 1 aromatic rings. The lowest BCUT2D eigenvalue weighted by Crippen LogP contribution is -2.47. The maximum absolute atomic E-state index is 11.5. The maximum Gasteiger partial charge on any atom is 0.335 e. The van der Waals surface area contributed by atoms with E-state index in [1.165, 1.54) is 12.1 Å². The number of aromatic carboxylic acids is 1. The van der Waals surface area contributed by atoms with E-state index < -0.39 is 15.8 Å². The first-order valence-electron chi connectivity index (χ1n) is 5.80. The van der Waals surface area contributed by atoms with Gasteiger partial charge in [-0.25, -0.2) is 13.2 Å². The summed E-state index contributed by atoms with van der Waals surface area (Å²) in [4.78, 5) is 12.7. The zero-order valence-electron chi connectivity index (χ0n) is 10.3. The SMILES string of the molecule is CC1CS(=O)(=O)CCN1c1ccc(C(=O)O)cc1Cl. The minimum absolute atomic E-state index is 0.0873. The molecule has 0 saturated carbocycles. The molecule has 19 heavy (non-hydrogen) atoms. The van der Waals surface area contributed by atoms with E-state index >= 15 is 0 Å². The van der Waals surface area contributed by atoms with Crippen LogP contribution in [0.1, 0.15) is 17.3 Å². The molecular weight excluding hydrogens is 290 g/mol. The van der Waals surface area contributed by atoms with Crippen molar-refractivity contribution in [1.82, 2.24) is 0 Å². The van der Waals surface area contributed by atoms with E-state index in [0.717, 1.165) is 0 Å². The highest BCUT2D eigenvalue weighted by Gasteiger charge is 2.29. The van der Waals surface area contributed by atoms with E-state index in [-0.39, 0.29) is 23.1 Å². The van der Waals surface area contributed by atoms with Crippen molar-refractivity contribution in [2.75, 3.05) is 23.0 Å². The Balaban J connectivity index is 2.30. The smallest absolute Gasteiger partial charge is 0.335 e. The molecule has 7 heteroatoms. The fraction of sp³-hybridized carbons (Fsp3) is 0.417. The third kappa shape index (κ3) is 3.01. The first kappa shape index (κ1) is 14.1. The molecule has 1 heterocycles. The van der Waals surface area contributed by atoms with Crippen LogP contribution < -0.4 is 4.90 Å². The van der Waals surface area contributed by atoms with Crippen molar-refractivity contribution >= 4 is 33.1 Å². The van der Waals surface area contributed by atoms with Gasteiger partial charge in [-0.05, 0) is 25.1 Å². The minimum Gasteiger partial charge on any atom is -0.478 e. The number of carboxylic acids is 1. The van der Waals surface area contributed by atoms with Crippen LogP contribution in [0.4, 0.5) is 5.69 Å². The Morgan fingerprint density at radius 2 is 2.16 bits per heavy atom. The van der Waals surface area contributed by atoms with Crippen molar-refractivity contribution in [3.8, 4) is 0 Å². The second kappa shape index (κ2) is 5.02. The van der Waals surface area contributed by atoms with E-state index in [1.54, 1.807) is 6.07 Å². The summed E-state index contributed by atoms with van der Waals surface area (Å²) in [6, 6.07) is 4.31. The number of carboxylic acid groups (broad SMARTS) is 1. The average Bonchev–Trinajstić information content (AvgIpc) is 2.29. The molecule has 1 N–H and O–H groups in total. The van der Waals surface area contributed by atoms with Crippen molar-refractivity contribution in [3.05, 3.63) is 28.8 Å². The summed E-state index contributed by atoms with van der Waals surface area (Å²) in [6.45, 7) is 2.19. The molecule has 1 aliphatic rings. The van der Waals surface area contributed by atoms with Crippen LogP contribution in [0, 0.1) is 0 Å². The lowest BCUT2D eigenvalue weighted by molar-refractivity contribution is 0.0697. The van der Waals surface area contributed by atoms with Crippen LogP contribution in [0.5, 0.6) is 0 Å². The van der Waals surface area contributed by atoms with E-state index in [1.807, 2.05) is 11.8 Å². The summed E-state index contributed by atoms with van der Waals surface area (Å²) >= 11 is 6.09. The van der Waals surface area contributed by atoms with E-state index in [9.17, 15) is 13.2 Å². The van der Waals surface area contributed by atoms with Crippen molar-refractivity contribution < 1.29 is 18.3 Å². The van der Waals surface area contributed by atoms with Gasteiger partial charge in [-0.3, -0.25) is 0 Å². The number of carbonyl (C=O) groups is 1. The van der Waals surface area contributed by atoms with Gasteiger partial charge in [-0.15, -0.1) is 0 Å².